The predicted octanol–water partition coefficient (Wildman–Crippen LogP) is 4.93. The molecule has 2 heterocycles. The topological polar surface area (TPSA) is 18.5 Å². The van der Waals surface area contributed by atoms with E-state index in [-0.39, 0.29) is 0 Å². The van der Waals surface area contributed by atoms with Gasteiger partial charge in [0.15, 0.2) is 0 Å². The fourth-order valence-electron chi connectivity index (χ4n) is 3.91. The van der Waals surface area contributed by atoms with Crippen LogP contribution < -0.4 is 13.9 Å². The summed E-state index contributed by atoms with van der Waals surface area (Å²) in [5.41, 5.74) is 5.24. The first-order valence-corrected chi connectivity index (χ1v) is 11.5. The van der Waals surface area contributed by atoms with E-state index in [4.69, 9.17) is 9.47 Å². The Kier molecular flexibility index (Phi) is 4.72. The average Bonchev–Trinajstić information content (AvgIpc) is 2.75. The van der Waals surface area contributed by atoms with Crippen molar-refractivity contribution in [2.24, 2.45) is 0 Å². The van der Waals surface area contributed by atoms with Crippen LogP contribution in [0.15, 0.2) is 82.1 Å². The van der Waals surface area contributed by atoms with Crippen molar-refractivity contribution < 1.29 is 9.47 Å². The molecule has 0 fully saturated rings. The van der Waals surface area contributed by atoms with E-state index in [0.717, 1.165) is 42.1 Å². The van der Waals surface area contributed by atoms with Gasteiger partial charge in [0.2, 0.25) is 0 Å². The molecule has 3 heteroatoms. The third-order valence-electron chi connectivity index (χ3n) is 5.41. The summed E-state index contributed by atoms with van der Waals surface area (Å²) in [6, 6.07) is 14.9. The van der Waals surface area contributed by atoms with E-state index in [1.165, 1.54) is 32.1 Å². The zero-order valence-electron chi connectivity index (χ0n) is 15.9. The Bertz CT molecular complexity index is 1060. The molecule has 140 valence electrons. The summed E-state index contributed by atoms with van der Waals surface area (Å²) in [4.78, 5) is 0. The summed E-state index contributed by atoms with van der Waals surface area (Å²) in [7, 11) is 1.69. The summed E-state index contributed by atoms with van der Waals surface area (Å²) in [6.45, 7) is 0. The molecule has 28 heavy (non-hydrogen) atoms. The predicted molar refractivity (Wildman–Crippen MR) is 115 cm³/mol. The Labute approximate surface area is 172 Å². The van der Waals surface area contributed by atoms with Crippen molar-refractivity contribution in [2.45, 2.75) is 25.7 Å². The maximum absolute atomic E-state index is 6.35. The number of methoxy groups -OCH3 is 1. The third-order valence-corrected chi connectivity index (χ3v) is 7.84. The SMILES string of the molecule is COc1ccc2c(c1)OC1=C(C=CC3=CCc4ccccc4[Se]3)CCCC1=C2. The van der Waals surface area contributed by atoms with Crippen LogP contribution in [0.2, 0.25) is 0 Å². The van der Waals surface area contributed by atoms with Crippen molar-refractivity contribution in [1.29, 1.82) is 0 Å². The first-order valence-electron chi connectivity index (χ1n) is 9.74. The standard InChI is InChI=1S/C25H22O2Se/c1-26-21-12-9-19-15-20-7-4-6-18(25(20)27-23(19)16-21)11-14-22-13-10-17-5-2-3-8-24(17)28-22/h2-3,5,8-9,11-16H,4,6-7,10H2,1H3. The van der Waals surface area contributed by atoms with Crippen LogP contribution in [-0.2, 0) is 6.42 Å². The zero-order valence-corrected chi connectivity index (χ0v) is 17.6. The molecule has 0 atom stereocenters. The van der Waals surface area contributed by atoms with E-state index in [2.05, 4.69) is 54.6 Å². The van der Waals surface area contributed by atoms with Crippen LogP contribution in [0.1, 0.15) is 30.4 Å². The minimum absolute atomic E-state index is 0.386. The van der Waals surface area contributed by atoms with Gasteiger partial charge < -0.3 is 0 Å². The molecule has 0 saturated heterocycles. The van der Waals surface area contributed by atoms with Gasteiger partial charge in [0, 0.05) is 0 Å². The van der Waals surface area contributed by atoms with E-state index in [9.17, 15) is 0 Å². The third kappa shape index (κ3) is 3.37. The normalized spacial score (nSPS) is 17.9. The van der Waals surface area contributed by atoms with E-state index in [0.29, 0.717) is 15.0 Å². The molecule has 0 amide bonds. The molecule has 2 aliphatic heterocycles. The van der Waals surface area contributed by atoms with E-state index in [1.54, 1.807) is 7.11 Å². The van der Waals surface area contributed by atoms with Crippen molar-refractivity contribution in [2.75, 3.05) is 7.11 Å². The number of benzene rings is 2. The molecule has 2 aromatic carbocycles. The molecule has 2 aromatic rings. The monoisotopic (exact) mass is 434 g/mol. The van der Waals surface area contributed by atoms with Crippen molar-refractivity contribution >= 4 is 25.5 Å². The summed E-state index contributed by atoms with van der Waals surface area (Å²) in [5.74, 6) is 2.77. The van der Waals surface area contributed by atoms with E-state index < -0.39 is 0 Å². The summed E-state index contributed by atoms with van der Waals surface area (Å²) in [6.07, 6.45) is 13.6. The summed E-state index contributed by atoms with van der Waals surface area (Å²) >= 11 is 0.386. The van der Waals surface area contributed by atoms with Crippen molar-refractivity contribution in [3.63, 3.8) is 0 Å². The van der Waals surface area contributed by atoms with Crippen LogP contribution in [0.25, 0.3) is 6.08 Å². The van der Waals surface area contributed by atoms with E-state index in [1.807, 2.05) is 12.1 Å². The fraction of sp³-hybridized carbons (Fsp3) is 0.200. The van der Waals surface area contributed by atoms with Gasteiger partial charge in [-0.15, -0.1) is 0 Å². The van der Waals surface area contributed by atoms with Gasteiger partial charge in [0.1, 0.15) is 0 Å². The van der Waals surface area contributed by atoms with E-state index >= 15 is 0 Å². The molecular weight excluding hydrogens is 411 g/mol. The Morgan fingerprint density at radius 2 is 2.00 bits per heavy atom. The van der Waals surface area contributed by atoms with Crippen molar-refractivity contribution in [1.82, 2.24) is 0 Å². The number of hydrogen-bond donors (Lipinski definition) is 0. The van der Waals surface area contributed by atoms with Gasteiger partial charge in [0.05, 0.1) is 0 Å². The number of ether oxygens (including phenoxy) is 2. The molecule has 2 nitrogen and oxygen atoms in total. The van der Waals surface area contributed by atoms with Crippen LogP contribution in [0, 0.1) is 0 Å². The van der Waals surface area contributed by atoms with Gasteiger partial charge in [-0.25, -0.2) is 0 Å². The summed E-state index contributed by atoms with van der Waals surface area (Å²) < 4.78 is 14.7. The second-order valence-corrected chi connectivity index (χ2v) is 9.58. The first-order chi connectivity index (χ1) is 13.8. The summed E-state index contributed by atoms with van der Waals surface area (Å²) in [5, 5.41) is 0. The first kappa shape index (κ1) is 17.6. The van der Waals surface area contributed by atoms with Gasteiger partial charge in [-0.2, -0.15) is 0 Å². The molecule has 0 radical (unpaired) electrons. The number of fused-ring (bicyclic) bond motifs is 3. The second kappa shape index (κ2) is 7.50. The van der Waals surface area contributed by atoms with Gasteiger partial charge in [0.25, 0.3) is 0 Å². The van der Waals surface area contributed by atoms with Gasteiger partial charge >= 0.3 is 172 Å². The van der Waals surface area contributed by atoms with Crippen LogP contribution in [0.5, 0.6) is 11.5 Å². The molecule has 0 saturated carbocycles. The van der Waals surface area contributed by atoms with Crippen LogP contribution in [-0.4, -0.2) is 22.1 Å². The van der Waals surface area contributed by atoms with Gasteiger partial charge in [-0.1, -0.05) is 0 Å². The average molecular weight is 433 g/mol. The van der Waals surface area contributed by atoms with Crippen molar-refractivity contribution in [3.8, 4) is 11.5 Å². The molecule has 5 rings (SSSR count). The number of rotatable bonds is 3. The molecule has 0 N–H and O–H groups in total. The van der Waals surface area contributed by atoms with Crippen LogP contribution >= 0.6 is 0 Å². The molecular formula is C25H22O2Se. The zero-order chi connectivity index (χ0) is 18.9. The van der Waals surface area contributed by atoms with Crippen molar-refractivity contribution in [3.05, 3.63) is 93.2 Å². The second-order valence-electron chi connectivity index (χ2n) is 7.24. The Balaban J connectivity index is 1.43. The van der Waals surface area contributed by atoms with Crippen LogP contribution in [0.4, 0.5) is 0 Å². The van der Waals surface area contributed by atoms with Gasteiger partial charge in [-0.3, -0.25) is 0 Å². The Morgan fingerprint density at radius 3 is 2.93 bits per heavy atom. The quantitative estimate of drug-likeness (QED) is 0.639. The Hall–Kier alpha value is -2.48. The molecule has 1 aliphatic carbocycles. The molecule has 0 bridgehead atoms. The fourth-order valence-corrected chi connectivity index (χ4v) is 5.98. The molecule has 0 unspecified atom stereocenters. The molecule has 0 aromatic heterocycles. The Morgan fingerprint density at radius 1 is 1.07 bits per heavy atom. The number of hydrogen-bond acceptors (Lipinski definition) is 2. The minimum atomic E-state index is 0.386. The number of allylic oxidation sites excluding steroid dienone is 6. The van der Waals surface area contributed by atoms with Gasteiger partial charge in [-0.05, 0) is 0 Å². The van der Waals surface area contributed by atoms with Crippen LogP contribution in [0.3, 0.4) is 0 Å². The molecule has 3 aliphatic rings. The molecule has 0 spiro atoms. The maximum atomic E-state index is 6.35.